The Morgan fingerprint density at radius 2 is 1.68 bits per heavy atom. The lowest BCUT2D eigenvalue weighted by Gasteiger charge is -2.39. The van der Waals surface area contributed by atoms with Gasteiger partial charge >= 0.3 is 0 Å². The van der Waals surface area contributed by atoms with Crippen molar-refractivity contribution in [1.82, 2.24) is 4.90 Å². The number of hydrogen-bond acceptors (Lipinski definition) is 2. The molecule has 0 amide bonds. The molecule has 2 aliphatic rings. The summed E-state index contributed by atoms with van der Waals surface area (Å²) in [6.45, 7) is 5.37. The van der Waals surface area contributed by atoms with Gasteiger partial charge in [0.15, 0.2) is 0 Å². The van der Waals surface area contributed by atoms with E-state index in [1.54, 1.807) is 0 Å². The third-order valence-electron chi connectivity index (χ3n) is 5.88. The van der Waals surface area contributed by atoms with Crippen LogP contribution in [0.15, 0.2) is 30.3 Å². The van der Waals surface area contributed by atoms with Crippen LogP contribution < -0.4 is 0 Å². The Balaban J connectivity index is 1.65. The smallest absolute Gasteiger partial charge is 0.139 e. The predicted octanol–water partition coefficient (Wildman–Crippen LogP) is 4.43. The van der Waals surface area contributed by atoms with Gasteiger partial charge in [-0.25, -0.2) is 0 Å². The van der Waals surface area contributed by atoms with E-state index in [1.165, 1.54) is 18.4 Å². The summed E-state index contributed by atoms with van der Waals surface area (Å²) in [5.74, 6) is 1.18. The Kier molecular flexibility index (Phi) is 4.97. The monoisotopic (exact) mass is 299 g/mol. The predicted molar refractivity (Wildman–Crippen MR) is 90.6 cm³/mol. The maximum Gasteiger partial charge on any atom is 0.139 e. The minimum Gasteiger partial charge on any atom is -0.299 e. The van der Waals surface area contributed by atoms with Crippen molar-refractivity contribution >= 4 is 5.78 Å². The van der Waals surface area contributed by atoms with Gasteiger partial charge in [-0.2, -0.15) is 0 Å². The highest BCUT2D eigenvalue weighted by atomic mass is 16.1. The minimum absolute atomic E-state index is 0.296. The summed E-state index contributed by atoms with van der Waals surface area (Å²) < 4.78 is 0. The number of carbonyl (C=O) groups is 1. The Morgan fingerprint density at radius 1 is 1.09 bits per heavy atom. The largest absolute Gasteiger partial charge is 0.299 e. The van der Waals surface area contributed by atoms with E-state index >= 15 is 0 Å². The highest BCUT2D eigenvalue weighted by molar-refractivity contribution is 5.83. The molecule has 22 heavy (non-hydrogen) atoms. The van der Waals surface area contributed by atoms with Crippen LogP contribution in [-0.4, -0.2) is 22.8 Å². The second-order valence-electron chi connectivity index (χ2n) is 7.13. The van der Waals surface area contributed by atoms with E-state index in [1.807, 2.05) is 0 Å². The fourth-order valence-corrected chi connectivity index (χ4v) is 4.58. The molecule has 0 aliphatic carbocycles. The Labute approximate surface area is 134 Å². The standard InChI is InChI=1S/C20H29NO/c1-3-16(4-2)20(22)17-12-18-10-11-19(13-17)21(18)14-15-8-6-5-7-9-15/h5-9,16-19H,3-4,10-14H2,1-2H3. The molecule has 2 bridgehead atoms. The lowest BCUT2D eigenvalue weighted by molar-refractivity contribution is -0.129. The molecular weight excluding hydrogens is 270 g/mol. The topological polar surface area (TPSA) is 20.3 Å². The first-order valence-electron chi connectivity index (χ1n) is 9.06. The molecule has 0 saturated carbocycles. The Morgan fingerprint density at radius 3 is 2.23 bits per heavy atom. The maximum atomic E-state index is 12.7. The molecule has 2 unspecified atom stereocenters. The van der Waals surface area contributed by atoms with Crippen molar-refractivity contribution in [1.29, 1.82) is 0 Å². The number of carbonyl (C=O) groups excluding carboxylic acids is 1. The van der Waals surface area contributed by atoms with Crippen LogP contribution in [0.5, 0.6) is 0 Å². The van der Waals surface area contributed by atoms with Crippen LogP contribution >= 0.6 is 0 Å². The van der Waals surface area contributed by atoms with Crippen molar-refractivity contribution < 1.29 is 4.79 Å². The first kappa shape index (κ1) is 15.7. The van der Waals surface area contributed by atoms with E-state index in [0.29, 0.717) is 29.7 Å². The van der Waals surface area contributed by atoms with Gasteiger partial charge < -0.3 is 0 Å². The third-order valence-corrected chi connectivity index (χ3v) is 5.88. The highest BCUT2D eigenvalue weighted by Crippen LogP contribution is 2.41. The van der Waals surface area contributed by atoms with Gasteiger partial charge in [0.05, 0.1) is 0 Å². The molecule has 2 saturated heterocycles. The van der Waals surface area contributed by atoms with Crippen LogP contribution in [0.25, 0.3) is 0 Å². The van der Waals surface area contributed by atoms with Gasteiger partial charge in [-0.05, 0) is 44.1 Å². The molecule has 2 heterocycles. The molecule has 2 atom stereocenters. The number of ketones is 1. The molecular formula is C20H29NO. The molecule has 2 aliphatic heterocycles. The number of hydrogen-bond donors (Lipinski definition) is 0. The first-order valence-corrected chi connectivity index (χ1v) is 9.06. The summed E-state index contributed by atoms with van der Waals surface area (Å²) in [6, 6.07) is 12.0. The van der Waals surface area contributed by atoms with Gasteiger partial charge in [-0.1, -0.05) is 44.2 Å². The Bertz CT molecular complexity index is 480. The molecule has 1 aromatic rings. The molecule has 0 N–H and O–H groups in total. The quantitative estimate of drug-likeness (QED) is 0.774. The van der Waals surface area contributed by atoms with Crippen LogP contribution in [0.1, 0.15) is 57.9 Å². The summed E-state index contributed by atoms with van der Waals surface area (Å²) >= 11 is 0. The average Bonchev–Trinajstić information content (AvgIpc) is 2.78. The van der Waals surface area contributed by atoms with Gasteiger partial charge in [-0.15, -0.1) is 0 Å². The molecule has 2 heteroatoms. The molecule has 0 aromatic heterocycles. The van der Waals surface area contributed by atoms with E-state index in [0.717, 1.165) is 32.2 Å². The van der Waals surface area contributed by atoms with Gasteiger partial charge in [-0.3, -0.25) is 9.69 Å². The van der Waals surface area contributed by atoms with Crippen molar-refractivity contribution in [2.45, 2.75) is 71.0 Å². The average molecular weight is 299 g/mol. The number of piperidine rings is 1. The lowest BCUT2D eigenvalue weighted by atomic mass is 9.80. The zero-order valence-electron chi connectivity index (χ0n) is 14.0. The van der Waals surface area contributed by atoms with E-state index in [9.17, 15) is 4.79 Å². The second kappa shape index (κ2) is 6.95. The molecule has 0 radical (unpaired) electrons. The molecule has 3 rings (SSSR count). The van der Waals surface area contributed by atoms with Crippen LogP contribution in [0, 0.1) is 11.8 Å². The summed E-state index contributed by atoms with van der Waals surface area (Å²) in [6.07, 6.45) is 6.77. The molecule has 1 aromatic carbocycles. The summed E-state index contributed by atoms with van der Waals surface area (Å²) in [5.41, 5.74) is 1.41. The summed E-state index contributed by atoms with van der Waals surface area (Å²) in [5, 5.41) is 0. The van der Waals surface area contributed by atoms with Crippen LogP contribution in [-0.2, 0) is 11.3 Å². The first-order chi connectivity index (χ1) is 10.7. The van der Waals surface area contributed by atoms with Crippen LogP contribution in [0.2, 0.25) is 0 Å². The Hall–Kier alpha value is -1.15. The van der Waals surface area contributed by atoms with Gasteiger partial charge in [0, 0.05) is 30.5 Å². The minimum atomic E-state index is 0.296. The zero-order valence-corrected chi connectivity index (χ0v) is 14.0. The molecule has 2 nitrogen and oxygen atoms in total. The molecule has 0 spiro atoms. The fraction of sp³-hybridized carbons (Fsp3) is 0.650. The van der Waals surface area contributed by atoms with Crippen molar-refractivity contribution in [3.05, 3.63) is 35.9 Å². The van der Waals surface area contributed by atoms with E-state index in [4.69, 9.17) is 0 Å². The van der Waals surface area contributed by atoms with E-state index in [2.05, 4.69) is 49.1 Å². The SMILES string of the molecule is CCC(CC)C(=O)C1CC2CCC(C1)N2Cc1ccccc1. The van der Waals surface area contributed by atoms with E-state index < -0.39 is 0 Å². The van der Waals surface area contributed by atoms with Gasteiger partial charge in [0.1, 0.15) is 5.78 Å². The summed E-state index contributed by atoms with van der Waals surface area (Å²) in [4.78, 5) is 15.4. The zero-order chi connectivity index (χ0) is 15.5. The van der Waals surface area contributed by atoms with Crippen LogP contribution in [0.4, 0.5) is 0 Å². The lowest BCUT2D eigenvalue weighted by Crippen LogP contribution is -2.45. The number of rotatable bonds is 6. The molecule has 2 fully saturated rings. The second-order valence-corrected chi connectivity index (χ2v) is 7.13. The van der Waals surface area contributed by atoms with Crippen LogP contribution in [0.3, 0.4) is 0 Å². The number of Topliss-reactive ketones (excluding diaryl/α,β-unsaturated/α-hetero) is 1. The number of nitrogens with zero attached hydrogens (tertiary/aromatic N) is 1. The number of benzene rings is 1. The van der Waals surface area contributed by atoms with Crippen molar-refractivity contribution in [3.8, 4) is 0 Å². The molecule has 120 valence electrons. The third kappa shape index (κ3) is 3.12. The number of fused-ring (bicyclic) bond motifs is 2. The van der Waals surface area contributed by atoms with Crippen molar-refractivity contribution in [3.63, 3.8) is 0 Å². The van der Waals surface area contributed by atoms with Crippen molar-refractivity contribution in [2.24, 2.45) is 11.8 Å². The highest BCUT2D eigenvalue weighted by Gasteiger charge is 2.43. The van der Waals surface area contributed by atoms with Gasteiger partial charge in [0.25, 0.3) is 0 Å². The maximum absolute atomic E-state index is 12.7. The normalized spacial score (nSPS) is 28.2. The summed E-state index contributed by atoms with van der Waals surface area (Å²) in [7, 11) is 0. The van der Waals surface area contributed by atoms with Crippen molar-refractivity contribution in [2.75, 3.05) is 0 Å². The van der Waals surface area contributed by atoms with Gasteiger partial charge in [0.2, 0.25) is 0 Å². The fourth-order valence-electron chi connectivity index (χ4n) is 4.58. The van der Waals surface area contributed by atoms with E-state index in [-0.39, 0.29) is 0 Å².